The molecule has 2 atom stereocenters. The molecule has 0 bridgehead atoms. The number of rotatable bonds is 6. The molecule has 2 aromatic rings. The Morgan fingerprint density at radius 2 is 1.09 bits per heavy atom. The van der Waals surface area contributed by atoms with Gasteiger partial charge in [0, 0.05) is 24.3 Å². The van der Waals surface area contributed by atoms with Crippen molar-refractivity contribution in [3.63, 3.8) is 0 Å². The lowest BCUT2D eigenvalue weighted by Crippen LogP contribution is -2.50. The maximum Gasteiger partial charge on any atom is 0.361 e. The first kappa shape index (κ1) is 16.2. The van der Waals surface area contributed by atoms with E-state index in [-0.39, 0.29) is 11.1 Å². The van der Waals surface area contributed by atoms with Crippen molar-refractivity contribution in [3.05, 3.63) is 83.9 Å². The van der Waals surface area contributed by atoms with Crippen LogP contribution >= 0.6 is 0 Å². The molecule has 1 aliphatic rings. The van der Waals surface area contributed by atoms with E-state index in [1.54, 1.807) is 0 Å². The van der Waals surface area contributed by atoms with Gasteiger partial charge in [0.15, 0.2) is 0 Å². The summed E-state index contributed by atoms with van der Waals surface area (Å²) in [6.07, 6.45) is 4.59. The highest BCUT2D eigenvalue weighted by atomic mass is 28.4. The Bertz CT molecular complexity index is 582. The SMILES string of the molecule is CCO[Si]1(OCC)[C@@H](c2ccccc2)C=C[C@@H]1c1ccccc1. The van der Waals surface area contributed by atoms with E-state index >= 15 is 0 Å². The van der Waals surface area contributed by atoms with Crippen molar-refractivity contribution < 1.29 is 8.85 Å². The summed E-state index contributed by atoms with van der Waals surface area (Å²) >= 11 is 0. The summed E-state index contributed by atoms with van der Waals surface area (Å²) < 4.78 is 12.8. The van der Waals surface area contributed by atoms with Crippen molar-refractivity contribution in [1.29, 1.82) is 0 Å². The van der Waals surface area contributed by atoms with Gasteiger partial charge in [-0.05, 0) is 25.0 Å². The second-order valence-electron chi connectivity index (χ2n) is 5.75. The van der Waals surface area contributed by atoms with Gasteiger partial charge in [0.25, 0.3) is 0 Å². The van der Waals surface area contributed by atoms with Crippen LogP contribution < -0.4 is 0 Å². The van der Waals surface area contributed by atoms with Crippen molar-refractivity contribution in [2.24, 2.45) is 0 Å². The third kappa shape index (κ3) is 3.04. The smallest absolute Gasteiger partial charge is 0.361 e. The summed E-state index contributed by atoms with van der Waals surface area (Å²) in [5.41, 5.74) is 3.04. The zero-order chi connectivity index (χ0) is 16.1. The Balaban J connectivity index is 2.05. The molecule has 2 nitrogen and oxygen atoms in total. The summed E-state index contributed by atoms with van der Waals surface area (Å²) in [6, 6.07) is 21.2. The van der Waals surface area contributed by atoms with Gasteiger partial charge in [0.2, 0.25) is 0 Å². The van der Waals surface area contributed by atoms with Gasteiger partial charge in [-0.25, -0.2) is 0 Å². The Hall–Kier alpha value is -1.68. The molecule has 0 radical (unpaired) electrons. The van der Waals surface area contributed by atoms with Crippen molar-refractivity contribution >= 4 is 8.56 Å². The quantitative estimate of drug-likeness (QED) is 0.565. The maximum atomic E-state index is 6.42. The topological polar surface area (TPSA) is 18.5 Å². The zero-order valence-corrected chi connectivity index (χ0v) is 14.8. The van der Waals surface area contributed by atoms with Crippen molar-refractivity contribution in [2.75, 3.05) is 13.2 Å². The van der Waals surface area contributed by atoms with Crippen LogP contribution in [-0.4, -0.2) is 21.8 Å². The summed E-state index contributed by atoms with van der Waals surface area (Å²) in [4.78, 5) is 0. The molecule has 0 N–H and O–H groups in total. The largest absolute Gasteiger partial charge is 0.393 e. The van der Waals surface area contributed by atoms with Crippen LogP contribution in [0, 0.1) is 0 Å². The van der Waals surface area contributed by atoms with Gasteiger partial charge in [-0.1, -0.05) is 72.8 Å². The van der Waals surface area contributed by atoms with Crippen LogP contribution in [0.15, 0.2) is 72.8 Å². The van der Waals surface area contributed by atoms with E-state index in [2.05, 4.69) is 86.7 Å². The normalized spacial score (nSPS) is 22.3. The number of benzene rings is 2. The number of hydrogen-bond acceptors (Lipinski definition) is 2. The average molecular weight is 324 g/mol. The Labute approximate surface area is 140 Å². The van der Waals surface area contributed by atoms with Gasteiger partial charge in [0.05, 0.1) is 0 Å². The highest BCUT2D eigenvalue weighted by molar-refractivity contribution is 6.72. The fourth-order valence-electron chi connectivity index (χ4n) is 3.54. The molecule has 23 heavy (non-hydrogen) atoms. The molecule has 3 heteroatoms. The van der Waals surface area contributed by atoms with E-state index in [1.807, 2.05) is 0 Å². The predicted octanol–water partition coefficient (Wildman–Crippen LogP) is 4.72. The summed E-state index contributed by atoms with van der Waals surface area (Å²) in [5.74, 6) is 0. The first-order valence-electron chi connectivity index (χ1n) is 8.38. The first-order valence-corrected chi connectivity index (χ1v) is 10.3. The van der Waals surface area contributed by atoms with Crippen LogP contribution in [0.2, 0.25) is 0 Å². The van der Waals surface area contributed by atoms with Crippen LogP contribution in [0.5, 0.6) is 0 Å². The molecular formula is C20H24O2Si. The van der Waals surface area contributed by atoms with Gasteiger partial charge in [-0.15, -0.1) is 0 Å². The Morgan fingerprint density at radius 1 is 0.696 bits per heavy atom. The maximum absolute atomic E-state index is 6.42. The number of allylic oxidation sites excluding steroid dienone is 2. The first-order chi connectivity index (χ1) is 11.3. The van der Waals surface area contributed by atoms with E-state index in [0.29, 0.717) is 13.2 Å². The summed E-state index contributed by atoms with van der Waals surface area (Å²) in [7, 11) is -2.48. The lowest BCUT2D eigenvalue weighted by molar-refractivity contribution is 0.175. The highest BCUT2D eigenvalue weighted by Crippen LogP contribution is 2.46. The van der Waals surface area contributed by atoms with Crippen LogP contribution in [0.25, 0.3) is 0 Å². The van der Waals surface area contributed by atoms with Crippen LogP contribution in [0.3, 0.4) is 0 Å². The second kappa shape index (κ2) is 7.26. The second-order valence-corrected chi connectivity index (χ2v) is 9.01. The van der Waals surface area contributed by atoms with Gasteiger partial charge >= 0.3 is 8.56 Å². The summed E-state index contributed by atoms with van der Waals surface area (Å²) in [6.45, 7) is 5.49. The molecule has 0 saturated carbocycles. The van der Waals surface area contributed by atoms with Crippen LogP contribution in [0.4, 0.5) is 0 Å². The Morgan fingerprint density at radius 3 is 1.43 bits per heavy atom. The van der Waals surface area contributed by atoms with Crippen molar-refractivity contribution in [2.45, 2.75) is 24.9 Å². The van der Waals surface area contributed by atoms with Gasteiger partial charge in [0.1, 0.15) is 0 Å². The highest BCUT2D eigenvalue weighted by Gasteiger charge is 2.55. The van der Waals surface area contributed by atoms with Gasteiger partial charge < -0.3 is 8.85 Å². The fourth-order valence-corrected chi connectivity index (χ4v) is 7.71. The lowest BCUT2D eigenvalue weighted by atomic mass is 10.1. The monoisotopic (exact) mass is 324 g/mol. The average Bonchev–Trinajstić information content (AvgIpc) is 2.96. The fraction of sp³-hybridized carbons (Fsp3) is 0.300. The third-order valence-corrected chi connectivity index (χ3v) is 8.69. The molecular weight excluding hydrogens is 300 g/mol. The van der Waals surface area contributed by atoms with E-state index in [0.717, 1.165) is 0 Å². The van der Waals surface area contributed by atoms with E-state index < -0.39 is 8.56 Å². The molecule has 0 unspecified atom stereocenters. The van der Waals surface area contributed by atoms with Crippen molar-refractivity contribution in [3.8, 4) is 0 Å². The van der Waals surface area contributed by atoms with Gasteiger partial charge in [-0.3, -0.25) is 0 Å². The standard InChI is InChI=1S/C20H24O2Si/c1-3-21-23(22-4-2)19(17-11-7-5-8-12-17)15-16-20(23)18-13-9-6-10-14-18/h5-16,19-20H,3-4H2,1-2H3/t19-,20-/m1/s1. The van der Waals surface area contributed by atoms with Crippen LogP contribution in [-0.2, 0) is 8.85 Å². The molecule has 2 aromatic carbocycles. The molecule has 120 valence electrons. The van der Waals surface area contributed by atoms with Crippen LogP contribution in [0.1, 0.15) is 36.1 Å². The lowest BCUT2D eigenvalue weighted by Gasteiger charge is -2.37. The molecule has 0 spiro atoms. The van der Waals surface area contributed by atoms with E-state index in [1.165, 1.54) is 11.1 Å². The van der Waals surface area contributed by atoms with Crippen molar-refractivity contribution in [1.82, 2.24) is 0 Å². The summed E-state index contributed by atoms with van der Waals surface area (Å²) in [5, 5.41) is 0. The zero-order valence-electron chi connectivity index (χ0n) is 13.8. The minimum atomic E-state index is -2.48. The molecule has 0 saturated heterocycles. The molecule has 1 aliphatic heterocycles. The molecule has 0 amide bonds. The molecule has 0 aliphatic carbocycles. The van der Waals surface area contributed by atoms with E-state index in [9.17, 15) is 0 Å². The van der Waals surface area contributed by atoms with E-state index in [4.69, 9.17) is 8.85 Å². The Kier molecular flexibility index (Phi) is 5.11. The molecule has 1 heterocycles. The molecule has 3 rings (SSSR count). The predicted molar refractivity (Wildman–Crippen MR) is 96.5 cm³/mol. The van der Waals surface area contributed by atoms with Gasteiger partial charge in [-0.2, -0.15) is 0 Å². The molecule has 0 fully saturated rings. The minimum Gasteiger partial charge on any atom is -0.393 e. The minimum absolute atomic E-state index is 0.230. The number of hydrogen-bond donors (Lipinski definition) is 0. The third-order valence-electron chi connectivity index (χ3n) is 4.42. The molecule has 0 aromatic heterocycles.